The molecule has 3 rings (SSSR count). The van der Waals surface area contributed by atoms with E-state index in [1.165, 1.54) is 4.90 Å². The van der Waals surface area contributed by atoms with Gasteiger partial charge in [0.1, 0.15) is 6.04 Å². The fraction of sp³-hybridized carbons (Fsp3) is 0.583. The minimum Gasteiger partial charge on any atom is -0.476 e. The minimum absolute atomic E-state index is 0.0473. The number of halogens is 1. The van der Waals surface area contributed by atoms with Crippen molar-refractivity contribution >= 4 is 43.8 Å². The van der Waals surface area contributed by atoms with E-state index < -0.39 is 39.8 Å². The molecule has 3 aliphatic rings. The van der Waals surface area contributed by atoms with Gasteiger partial charge >= 0.3 is 16.1 Å². The van der Waals surface area contributed by atoms with Crippen LogP contribution >= 0.6 is 15.9 Å². The van der Waals surface area contributed by atoms with Crippen molar-refractivity contribution in [3.63, 3.8) is 0 Å². The molecule has 0 unspecified atom stereocenters. The van der Waals surface area contributed by atoms with Crippen LogP contribution in [0.2, 0.25) is 0 Å². The maximum absolute atomic E-state index is 12.3. The van der Waals surface area contributed by atoms with Crippen molar-refractivity contribution in [2.24, 2.45) is 5.92 Å². The van der Waals surface area contributed by atoms with E-state index in [-0.39, 0.29) is 35.9 Å². The first-order valence-corrected chi connectivity index (χ1v) is 9.64. The Morgan fingerprint density at radius 3 is 2.61 bits per heavy atom. The van der Waals surface area contributed by atoms with E-state index in [1.807, 2.05) is 0 Å². The van der Waals surface area contributed by atoms with Crippen molar-refractivity contribution in [3.05, 3.63) is 11.5 Å². The number of β-lactam (4-membered cyclic amide) rings is 1. The van der Waals surface area contributed by atoms with Crippen LogP contribution in [0.4, 0.5) is 0 Å². The van der Waals surface area contributed by atoms with Crippen LogP contribution in [0.25, 0.3) is 0 Å². The molecule has 0 radical (unpaired) electrons. The molecule has 3 heterocycles. The number of nitrogens with zero attached hydrogens (tertiary/aromatic N) is 2. The lowest BCUT2D eigenvalue weighted by molar-refractivity contribution is -0.160. The van der Waals surface area contributed by atoms with Crippen molar-refractivity contribution in [1.29, 1.82) is 0 Å². The molecule has 11 heteroatoms. The number of carboxylic acid groups (broad SMARTS) is 1. The lowest BCUT2D eigenvalue weighted by Gasteiger charge is -2.49. The van der Waals surface area contributed by atoms with Gasteiger partial charge in [0.25, 0.3) is 5.91 Å². The number of carbonyl (C=O) groups excluding carboxylic acids is 2. The summed E-state index contributed by atoms with van der Waals surface area (Å²) in [4.78, 5) is 38.2. The van der Waals surface area contributed by atoms with Crippen molar-refractivity contribution in [1.82, 2.24) is 9.80 Å². The molecule has 0 spiro atoms. The molecule has 3 aliphatic heterocycles. The van der Waals surface area contributed by atoms with Gasteiger partial charge in [0.05, 0.1) is 17.6 Å². The Balaban J connectivity index is 2.00. The van der Waals surface area contributed by atoms with Gasteiger partial charge in [-0.25, -0.2) is 4.79 Å². The highest BCUT2D eigenvalue weighted by Crippen LogP contribution is 2.47. The molecule has 0 aromatic rings. The predicted octanol–water partition coefficient (Wildman–Crippen LogP) is -0.905. The standard InChI is InChI=1S/C12H13BrN2O7S/c1-23(20,21)22-6-2-5-4-14(7(16)3-13)10-8(5)15(11(10)17)9(6)12(18)19/h5,8,10H,2-4H2,1H3,(H,18,19)/t5-,8-,10+/m1/s1. The maximum Gasteiger partial charge on any atom is 0.356 e. The number of rotatable bonds is 4. The molecular weight excluding hydrogens is 396 g/mol. The molecule has 0 saturated carbocycles. The molecule has 1 N–H and O–H groups in total. The number of carbonyl (C=O) groups is 3. The average Bonchev–Trinajstić information content (AvgIpc) is 2.79. The Morgan fingerprint density at radius 2 is 2.09 bits per heavy atom. The highest BCUT2D eigenvalue weighted by Gasteiger charge is 2.64. The average molecular weight is 409 g/mol. The second-order valence-electron chi connectivity index (χ2n) is 5.65. The molecule has 2 fully saturated rings. The maximum atomic E-state index is 12.3. The molecule has 0 aromatic heterocycles. The second-order valence-corrected chi connectivity index (χ2v) is 7.79. The Morgan fingerprint density at radius 1 is 1.43 bits per heavy atom. The van der Waals surface area contributed by atoms with E-state index in [4.69, 9.17) is 4.18 Å². The Bertz CT molecular complexity index is 747. The van der Waals surface area contributed by atoms with Crippen molar-refractivity contribution in [2.75, 3.05) is 18.1 Å². The molecule has 3 atom stereocenters. The van der Waals surface area contributed by atoms with Crippen LogP contribution in [0.15, 0.2) is 11.5 Å². The number of alkyl halides is 1. The van der Waals surface area contributed by atoms with Gasteiger partial charge in [0.15, 0.2) is 11.5 Å². The van der Waals surface area contributed by atoms with Crippen LogP contribution in [0.1, 0.15) is 6.42 Å². The van der Waals surface area contributed by atoms with Gasteiger partial charge in [-0.05, 0) is 0 Å². The van der Waals surface area contributed by atoms with Crippen LogP contribution in [0.3, 0.4) is 0 Å². The van der Waals surface area contributed by atoms with Crippen molar-refractivity contribution in [3.8, 4) is 0 Å². The summed E-state index contributed by atoms with van der Waals surface area (Å²) in [6, 6.07) is -1.12. The Kier molecular flexibility index (Phi) is 3.67. The third-order valence-corrected chi connectivity index (χ3v) is 5.19. The molecular formula is C12H13BrN2O7S. The number of hydrogen-bond acceptors (Lipinski definition) is 6. The molecule has 0 bridgehead atoms. The predicted molar refractivity (Wildman–Crippen MR) is 78.6 cm³/mol. The molecule has 2 amide bonds. The highest BCUT2D eigenvalue weighted by molar-refractivity contribution is 9.09. The van der Waals surface area contributed by atoms with Crippen molar-refractivity contribution in [2.45, 2.75) is 18.5 Å². The van der Waals surface area contributed by atoms with Crippen LogP contribution in [-0.4, -0.2) is 71.3 Å². The zero-order chi connectivity index (χ0) is 17.1. The van der Waals surface area contributed by atoms with E-state index in [1.54, 1.807) is 0 Å². The molecule has 126 valence electrons. The van der Waals surface area contributed by atoms with Crippen LogP contribution in [-0.2, 0) is 28.7 Å². The zero-order valence-electron chi connectivity index (χ0n) is 11.9. The van der Waals surface area contributed by atoms with E-state index in [2.05, 4.69) is 15.9 Å². The summed E-state index contributed by atoms with van der Waals surface area (Å²) < 4.78 is 27.5. The third-order valence-electron chi connectivity index (χ3n) is 4.20. The van der Waals surface area contributed by atoms with E-state index in [0.717, 1.165) is 11.2 Å². The fourth-order valence-electron chi connectivity index (χ4n) is 3.48. The molecule has 0 aliphatic carbocycles. The Labute approximate surface area is 140 Å². The highest BCUT2D eigenvalue weighted by atomic mass is 79.9. The number of hydrogen-bond donors (Lipinski definition) is 1. The minimum atomic E-state index is -3.92. The normalized spacial score (nSPS) is 29.3. The monoisotopic (exact) mass is 408 g/mol. The van der Waals surface area contributed by atoms with E-state index in [9.17, 15) is 27.9 Å². The number of carboxylic acids is 1. The van der Waals surface area contributed by atoms with Gasteiger partial charge in [-0.15, -0.1) is 0 Å². The molecule has 9 nitrogen and oxygen atoms in total. The van der Waals surface area contributed by atoms with Crippen LogP contribution in [0, 0.1) is 5.92 Å². The lowest BCUT2D eigenvalue weighted by atomic mass is 9.82. The summed E-state index contributed by atoms with van der Waals surface area (Å²) in [5.74, 6) is -2.74. The van der Waals surface area contributed by atoms with Crippen LogP contribution < -0.4 is 0 Å². The number of amides is 2. The largest absolute Gasteiger partial charge is 0.476 e. The summed E-state index contributed by atoms with van der Waals surface area (Å²) in [5.41, 5.74) is -0.453. The van der Waals surface area contributed by atoms with Gasteiger partial charge in [-0.1, -0.05) is 15.9 Å². The zero-order valence-corrected chi connectivity index (χ0v) is 14.3. The first kappa shape index (κ1) is 16.2. The number of aliphatic carboxylic acids is 1. The van der Waals surface area contributed by atoms with Gasteiger partial charge in [0.2, 0.25) is 5.91 Å². The SMILES string of the molecule is CS(=O)(=O)OC1=C(C(=O)O)N2C(=O)[C@@H]3[C@H]2[C@H](C1)CN3C(=O)CBr. The third kappa shape index (κ3) is 2.42. The van der Waals surface area contributed by atoms with Gasteiger partial charge in [-0.2, -0.15) is 8.42 Å². The molecule has 0 aromatic carbocycles. The summed E-state index contributed by atoms with van der Waals surface area (Å²) >= 11 is 3.05. The van der Waals surface area contributed by atoms with Gasteiger partial charge in [0, 0.05) is 18.9 Å². The topological polar surface area (TPSA) is 121 Å². The quantitative estimate of drug-likeness (QED) is 0.363. The second kappa shape index (κ2) is 5.20. The summed E-state index contributed by atoms with van der Waals surface area (Å²) in [6.07, 6.45) is 0.854. The summed E-state index contributed by atoms with van der Waals surface area (Å²) in [5, 5.41) is 9.40. The van der Waals surface area contributed by atoms with E-state index >= 15 is 0 Å². The summed E-state index contributed by atoms with van der Waals surface area (Å²) in [6.45, 7) is 0.255. The first-order chi connectivity index (χ1) is 10.7. The molecule has 2 saturated heterocycles. The fourth-order valence-corrected chi connectivity index (χ4v) is 4.32. The number of likely N-dealkylation sites (tertiary alicyclic amines) is 1. The van der Waals surface area contributed by atoms with Gasteiger partial charge < -0.3 is 14.2 Å². The van der Waals surface area contributed by atoms with E-state index in [0.29, 0.717) is 0 Å². The Hall–Kier alpha value is -1.62. The molecule has 23 heavy (non-hydrogen) atoms. The van der Waals surface area contributed by atoms with Crippen molar-refractivity contribution < 1.29 is 32.1 Å². The summed E-state index contributed by atoms with van der Waals surface area (Å²) in [7, 11) is -3.92. The van der Waals surface area contributed by atoms with Gasteiger partial charge in [-0.3, -0.25) is 14.5 Å². The first-order valence-electron chi connectivity index (χ1n) is 6.70. The smallest absolute Gasteiger partial charge is 0.356 e. The number of allylic oxidation sites excluding steroid dienone is 1. The van der Waals surface area contributed by atoms with Crippen LogP contribution in [0.5, 0.6) is 0 Å². The lowest BCUT2D eigenvalue weighted by Crippen LogP contribution is -2.69.